The van der Waals surface area contributed by atoms with Crippen molar-refractivity contribution in [3.05, 3.63) is 28.2 Å². The second-order valence-corrected chi connectivity index (χ2v) is 6.89. The van der Waals surface area contributed by atoms with E-state index in [9.17, 15) is 0 Å². The number of rotatable bonds is 5. The van der Waals surface area contributed by atoms with Gasteiger partial charge in [0.2, 0.25) is 0 Å². The van der Waals surface area contributed by atoms with Crippen LogP contribution in [0.2, 0.25) is 0 Å². The molecule has 0 aliphatic heterocycles. The summed E-state index contributed by atoms with van der Waals surface area (Å²) in [5.74, 6) is 0.926. The van der Waals surface area contributed by atoms with Gasteiger partial charge in [0.25, 0.3) is 0 Å². The van der Waals surface area contributed by atoms with Crippen molar-refractivity contribution in [2.45, 2.75) is 43.7 Å². The van der Waals surface area contributed by atoms with Crippen molar-refractivity contribution in [3.63, 3.8) is 0 Å². The van der Waals surface area contributed by atoms with Crippen LogP contribution in [0.5, 0.6) is 5.75 Å². The smallest absolute Gasteiger partial charge is 0.122 e. The molecule has 1 aromatic rings. The Morgan fingerprint density at radius 2 is 2.00 bits per heavy atom. The molecule has 20 heavy (non-hydrogen) atoms. The summed E-state index contributed by atoms with van der Waals surface area (Å²) in [6, 6.07) is 6.26. The molecule has 1 aromatic carbocycles. The summed E-state index contributed by atoms with van der Waals surface area (Å²) in [4.78, 5) is 2.33. The minimum absolute atomic E-state index is 0.128. The molecule has 0 bridgehead atoms. The Morgan fingerprint density at radius 3 is 2.55 bits per heavy atom. The van der Waals surface area contributed by atoms with Gasteiger partial charge in [-0.3, -0.25) is 0 Å². The highest BCUT2D eigenvalue weighted by molar-refractivity contribution is 9.10. The highest BCUT2D eigenvalue weighted by atomic mass is 79.9. The van der Waals surface area contributed by atoms with Crippen LogP contribution in [0, 0.1) is 0 Å². The molecule has 3 nitrogen and oxygen atoms in total. The fraction of sp³-hybridized carbons (Fsp3) is 0.625. The quantitative estimate of drug-likeness (QED) is 0.894. The van der Waals surface area contributed by atoms with Gasteiger partial charge >= 0.3 is 0 Å². The maximum absolute atomic E-state index is 6.61. The van der Waals surface area contributed by atoms with Gasteiger partial charge in [0.05, 0.1) is 7.11 Å². The van der Waals surface area contributed by atoms with Crippen molar-refractivity contribution in [1.82, 2.24) is 4.90 Å². The van der Waals surface area contributed by atoms with Gasteiger partial charge in [-0.2, -0.15) is 0 Å². The minimum atomic E-state index is 0.128. The van der Waals surface area contributed by atoms with E-state index >= 15 is 0 Å². The first-order chi connectivity index (χ1) is 9.49. The molecular formula is C16H25BrN2O. The van der Waals surface area contributed by atoms with Crippen molar-refractivity contribution >= 4 is 15.9 Å². The molecule has 0 aromatic heterocycles. The predicted octanol–water partition coefficient (Wildman–Crippen LogP) is 3.20. The first kappa shape index (κ1) is 15.8. The lowest BCUT2D eigenvalue weighted by atomic mass is 9.83. The fourth-order valence-electron chi connectivity index (χ4n) is 3.47. The Kier molecular flexibility index (Phi) is 5.10. The SMILES string of the molecule is COc1ccc(Br)cc1CC(N)C1(N(C)C)CCCC1. The molecule has 112 valence electrons. The monoisotopic (exact) mass is 340 g/mol. The van der Waals surface area contributed by atoms with Gasteiger partial charge in [-0.1, -0.05) is 28.8 Å². The lowest BCUT2D eigenvalue weighted by Gasteiger charge is -2.41. The molecule has 1 atom stereocenters. The number of methoxy groups -OCH3 is 1. The summed E-state index contributed by atoms with van der Waals surface area (Å²) in [6.07, 6.45) is 5.79. The van der Waals surface area contributed by atoms with Gasteiger partial charge in [0.1, 0.15) is 5.75 Å². The van der Waals surface area contributed by atoms with Crippen molar-refractivity contribution in [2.24, 2.45) is 5.73 Å². The van der Waals surface area contributed by atoms with Crippen LogP contribution in [-0.4, -0.2) is 37.7 Å². The molecule has 1 aliphatic carbocycles. The third-order valence-corrected chi connectivity index (χ3v) is 5.23. The van der Waals surface area contributed by atoms with Gasteiger partial charge in [-0.25, -0.2) is 0 Å². The number of benzene rings is 1. The van der Waals surface area contributed by atoms with Crippen molar-refractivity contribution in [2.75, 3.05) is 21.2 Å². The minimum Gasteiger partial charge on any atom is -0.496 e. The molecule has 0 heterocycles. The molecule has 0 spiro atoms. The second-order valence-electron chi connectivity index (χ2n) is 5.97. The van der Waals surface area contributed by atoms with Crippen LogP contribution in [0.25, 0.3) is 0 Å². The van der Waals surface area contributed by atoms with E-state index in [1.165, 1.54) is 31.2 Å². The van der Waals surface area contributed by atoms with E-state index in [0.717, 1.165) is 16.6 Å². The van der Waals surface area contributed by atoms with Crippen LogP contribution in [0.3, 0.4) is 0 Å². The van der Waals surface area contributed by atoms with E-state index in [0.29, 0.717) is 0 Å². The third-order valence-electron chi connectivity index (χ3n) is 4.73. The van der Waals surface area contributed by atoms with Gasteiger partial charge in [-0.05, 0) is 57.1 Å². The van der Waals surface area contributed by atoms with Crippen LogP contribution in [0.1, 0.15) is 31.2 Å². The predicted molar refractivity (Wildman–Crippen MR) is 87.3 cm³/mol. The Morgan fingerprint density at radius 1 is 1.35 bits per heavy atom. The van der Waals surface area contributed by atoms with E-state index < -0.39 is 0 Å². The largest absolute Gasteiger partial charge is 0.496 e. The highest BCUT2D eigenvalue weighted by Crippen LogP contribution is 2.38. The Labute approximate surface area is 130 Å². The average molecular weight is 341 g/mol. The number of likely N-dealkylation sites (N-methyl/N-ethyl adjacent to an activating group) is 1. The second kappa shape index (κ2) is 6.46. The van der Waals surface area contributed by atoms with E-state index in [1.54, 1.807) is 7.11 Å². The lowest BCUT2D eigenvalue weighted by molar-refractivity contribution is 0.122. The molecule has 0 saturated heterocycles. The Hall–Kier alpha value is -0.580. The molecule has 0 radical (unpaired) electrons. The molecular weight excluding hydrogens is 316 g/mol. The number of nitrogens with two attached hydrogens (primary N) is 1. The maximum atomic E-state index is 6.61. The molecule has 1 fully saturated rings. The summed E-state index contributed by atoms with van der Waals surface area (Å²) in [7, 11) is 6.03. The summed E-state index contributed by atoms with van der Waals surface area (Å²) in [6.45, 7) is 0. The van der Waals surface area contributed by atoms with Crippen LogP contribution >= 0.6 is 15.9 Å². The van der Waals surface area contributed by atoms with E-state index in [-0.39, 0.29) is 11.6 Å². The third kappa shape index (κ3) is 3.02. The normalized spacial score (nSPS) is 19.3. The number of hydrogen-bond acceptors (Lipinski definition) is 3. The van der Waals surface area contributed by atoms with Gasteiger partial charge in [-0.15, -0.1) is 0 Å². The van der Waals surface area contributed by atoms with E-state index in [2.05, 4.69) is 41.0 Å². The topological polar surface area (TPSA) is 38.5 Å². The first-order valence-corrected chi connectivity index (χ1v) is 8.04. The number of halogens is 1. The molecule has 1 saturated carbocycles. The van der Waals surface area contributed by atoms with E-state index in [1.807, 2.05) is 12.1 Å². The summed E-state index contributed by atoms with van der Waals surface area (Å²) in [5.41, 5.74) is 7.92. The Bertz CT molecular complexity index is 456. The molecule has 2 N–H and O–H groups in total. The van der Waals surface area contributed by atoms with Crippen LogP contribution in [0.15, 0.2) is 22.7 Å². The fourth-order valence-corrected chi connectivity index (χ4v) is 3.88. The molecule has 4 heteroatoms. The van der Waals surface area contributed by atoms with Crippen molar-refractivity contribution in [3.8, 4) is 5.75 Å². The molecule has 2 rings (SSSR count). The zero-order chi connectivity index (χ0) is 14.8. The number of nitrogens with zero attached hydrogens (tertiary/aromatic N) is 1. The highest BCUT2D eigenvalue weighted by Gasteiger charge is 2.41. The summed E-state index contributed by atoms with van der Waals surface area (Å²) < 4.78 is 6.54. The molecule has 0 amide bonds. The lowest BCUT2D eigenvalue weighted by Crippen LogP contribution is -2.56. The van der Waals surface area contributed by atoms with Crippen molar-refractivity contribution < 1.29 is 4.74 Å². The summed E-state index contributed by atoms with van der Waals surface area (Å²) >= 11 is 3.53. The Balaban J connectivity index is 2.22. The zero-order valence-corrected chi connectivity index (χ0v) is 14.2. The number of hydrogen-bond donors (Lipinski definition) is 1. The van der Waals surface area contributed by atoms with Crippen LogP contribution in [0.4, 0.5) is 0 Å². The average Bonchev–Trinajstić information content (AvgIpc) is 2.89. The number of ether oxygens (including phenoxy) is 1. The van der Waals surface area contributed by atoms with Crippen LogP contribution in [-0.2, 0) is 6.42 Å². The molecule has 1 aliphatic rings. The van der Waals surface area contributed by atoms with Gasteiger partial charge in [0, 0.05) is 16.1 Å². The summed E-state index contributed by atoms with van der Waals surface area (Å²) in [5, 5.41) is 0. The van der Waals surface area contributed by atoms with Crippen molar-refractivity contribution in [1.29, 1.82) is 0 Å². The standard InChI is InChI=1S/C16H25BrN2O/c1-19(2)16(8-4-5-9-16)15(18)11-12-10-13(17)6-7-14(12)20-3/h6-7,10,15H,4-5,8-9,11,18H2,1-3H3. The van der Waals surface area contributed by atoms with E-state index in [4.69, 9.17) is 10.5 Å². The van der Waals surface area contributed by atoms with Crippen LogP contribution < -0.4 is 10.5 Å². The first-order valence-electron chi connectivity index (χ1n) is 7.25. The van der Waals surface area contributed by atoms with Gasteiger partial charge < -0.3 is 15.4 Å². The van der Waals surface area contributed by atoms with Gasteiger partial charge in [0.15, 0.2) is 0 Å². The molecule has 1 unspecified atom stereocenters. The maximum Gasteiger partial charge on any atom is 0.122 e. The zero-order valence-electron chi connectivity index (χ0n) is 12.7.